The molecule has 65 valence electrons. The second-order valence-electron chi connectivity index (χ2n) is 3.02. The second kappa shape index (κ2) is 3.58. The molecule has 0 bridgehead atoms. The fourth-order valence-electron chi connectivity index (χ4n) is 1.57. The van der Waals surface area contributed by atoms with E-state index in [1.165, 1.54) is 22.9 Å². The monoisotopic (exact) mass is 171 g/mol. The predicted octanol–water partition coefficient (Wildman–Crippen LogP) is 2.92. The molecule has 0 saturated carbocycles. The van der Waals surface area contributed by atoms with Gasteiger partial charge in [-0.2, -0.15) is 0 Å². The molecule has 1 radical (unpaired) electrons. The number of hydrogen-bond acceptors (Lipinski definition) is 1. The molecule has 0 fully saturated rings. The zero-order valence-corrected chi connectivity index (χ0v) is 7.27. The van der Waals surface area contributed by atoms with Crippen LogP contribution in [0, 0.1) is 6.61 Å². The van der Waals surface area contributed by atoms with Gasteiger partial charge in [-0.3, -0.25) is 0 Å². The molecule has 1 N–H and O–H groups in total. The average Bonchev–Trinajstić information content (AvgIpc) is 2.19. The van der Waals surface area contributed by atoms with Crippen LogP contribution in [0.5, 0.6) is 0 Å². The summed E-state index contributed by atoms with van der Waals surface area (Å²) in [5.74, 6) is 0. The summed E-state index contributed by atoms with van der Waals surface area (Å²) in [5.41, 5.74) is 1.17. The van der Waals surface area contributed by atoms with Gasteiger partial charge in [-0.25, -0.2) is 0 Å². The molecule has 0 atom stereocenters. The minimum Gasteiger partial charge on any atom is -0.390 e. The summed E-state index contributed by atoms with van der Waals surface area (Å²) in [7, 11) is 0. The molecule has 2 aromatic rings. The van der Waals surface area contributed by atoms with Crippen LogP contribution in [0.3, 0.4) is 0 Å². The Morgan fingerprint density at radius 3 is 2.62 bits per heavy atom. The van der Waals surface area contributed by atoms with Gasteiger partial charge in [0.25, 0.3) is 0 Å². The average molecular weight is 171 g/mol. The third kappa shape index (κ3) is 1.56. The van der Waals surface area contributed by atoms with Crippen LogP contribution in [-0.4, -0.2) is 5.11 Å². The molecule has 0 heterocycles. The minimum atomic E-state index is 0.612. The van der Waals surface area contributed by atoms with Crippen LogP contribution in [0.4, 0.5) is 0 Å². The van der Waals surface area contributed by atoms with E-state index >= 15 is 0 Å². The Bertz CT molecular complexity index is 401. The van der Waals surface area contributed by atoms with Gasteiger partial charge in [-0.05, 0) is 16.3 Å². The van der Waals surface area contributed by atoms with Crippen LogP contribution in [0.2, 0.25) is 0 Å². The highest BCUT2D eigenvalue weighted by atomic mass is 16.2. The van der Waals surface area contributed by atoms with E-state index in [2.05, 4.69) is 18.2 Å². The number of hydrogen-bond donors (Lipinski definition) is 1. The quantitative estimate of drug-likeness (QED) is 0.736. The molecule has 0 aliphatic rings. The molecule has 0 saturated heterocycles. The van der Waals surface area contributed by atoms with Gasteiger partial charge in [0.15, 0.2) is 0 Å². The van der Waals surface area contributed by atoms with E-state index in [4.69, 9.17) is 5.11 Å². The van der Waals surface area contributed by atoms with Crippen LogP contribution < -0.4 is 0 Å². The van der Waals surface area contributed by atoms with Gasteiger partial charge >= 0.3 is 0 Å². The normalized spacial score (nSPS) is 10.5. The molecular weight excluding hydrogens is 160 g/mol. The number of fused-ring (bicyclic) bond motifs is 1. The first-order valence-corrected chi connectivity index (χ1v) is 4.34. The summed E-state index contributed by atoms with van der Waals surface area (Å²) in [6.45, 7) is 1.20. The van der Waals surface area contributed by atoms with Gasteiger partial charge in [0.05, 0.1) is 6.61 Å². The van der Waals surface area contributed by atoms with Gasteiger partial charge < -0.3 is 5.11 Å². The Hall–Kier alpha value is -1.34. The number of aliphatic hydroxyl groups is 1. The summed E-state index contributed by atoms with van der Waals surface area (Å²) < 4.78 is 0. The van der Waals surface area contributed by atoms with E-state index in [-0.39, 0.29) is 0 Å². The van der Waals surface area contributed by atoms with Crippen LogP contribution in [0.1, 0.15) is 5.56 Å². The van der Waals surface area contributed by atoms with Crippen molar-refractivity contribution in [2.75, 3.05) is 0 Å². The first-order valence-electron chi connectivity index (χ1n) is 4.34. The molecule has 0 spiro atoms. The zero-order chi connectivity index (χ0) is 9.10. The third-order valence-electron chi connectivity index (χ3n) is 2.19. The summed E-state index contributed by atoms with van der Waals surface area (Å²) in [6, 6.07) is 14.3. The van der Waals surface area contributed by atoms with E-state index in [1.807, 2.05) is 24.3 Å². The molecular formula is C12H11O. The predicted molar refractivity (Wildman–Crippen MR) is 53.9 cm³/mol. The molecule has 1 heteroatoms. The van der Waals surface area contributed by atoms with Gasteiger partial charge in [-0.1, -0.05) is 42.5 Å². The van der Waals surface area contributed by atoms with Crippen molar-refractivity contribution in [3.05, 3.63) is 54.6 Å². The maximum absolute atomic E-state index is 8.75. The lowest BCUT2D eigenvalue weighted by Gasteiger charge is -2.03. The Morgan fingerprint density at radius 2 is 1.77 bits per heavy atom. The first-order chi connectivity index (χ1) is 6.42. The second-order valence-corrected chi connectivity index (χ2v) is 3.02. The van der Waals surface area contributed by atoms with E-state index in [0.717, 1.165) is 0 Å². The molecule has 2 aromatic carbocycles. The van der Waals surface area contributed by atoms with Crippen LogP contribution >= 0.6 is 0 Å². The molecule has 2 rings (SSSR count). The van der Waals surface area contributed by atoms with Crippen molar-refractivity contribution in [1.29, 1.82) is 0 Å². The molecule has 1 nitrogen and oxygen atoms in total. The highest BCUT2D eigenvalue weighted by Crippen LogP contribution is 2.18. The standard InChI is InChI=1S/C12H11O/c13-9-8-11-6-3-5-10-4-1-2-7-12(10)11/h1-7,9,13H,8H2. The van der Waals surface area contributed by atoms with E-state index < -0.39 is 0 Å². The van der Waals surface area contributed by atoms with Crippen molar-refractivity contribution in [3.63, 3.8) is 0 Å². The van der Waals surface area contributed by atoms with Crippen LogP contribution in [0.25, 0.3) is 10.8 Å². The highest BCUT2D eigenvalue weighted by Gasteiger charge is 1.98. The van der Waals surface area contributed by atoms with Crippen molar-refractivity contribution in [3.8, 4) is 0 Å². The largest absolute Gasteiger partial charge is 0.390 e. The first kappa shape index (κ1) is 8.27. The maximum Gasteiger partial charge on any atom is 0.0842 e. The van der Waals surface area contributed by atoms with Crippen molar-refractivity contribution < 1.29 is 5.11 Å². The topological polar surface area (TPSA) is 20.2 Å². The van der Waals surface area contributed by atoms with Gasteiger partial charge in [0, 0.05) is 6.42 Å². The summed E-state index contributed by atoms with van der Waals surface area (Å²) in [5, 5.41) is 11.2. The SMILES string of the molecule is O[CH]Cc1cccc2ccccc12. The van der Waals surface area contributed by atoms with Gasteiger partial charge in [0.1, 0.15) is 0 Å². The van der Waals surface area contributed by atoms with Crippen molar-refractivity contribution >= 4 is 10.8 Å². The maximum atomic E-state index is 8.75. The summed E-state index contributed by atoms with van der Waals surface area (Å²) in [4.78, 5) is 0. The molecule has 0 aromatic heterocycles. The molecule has 0 aliphatic heterocycles. The Morgan fingerprint density at radius 1 is 1.00 bits per heavy atom. The molecule has 13 heavy (non-hydrogen) atoms. The summed E-state index contributed by atoms with van der Waals surface area (Å²) >= 11 is 0. The smallest absolute Gasteiger partial charge is 0.0842 e. The third-order valence-corrected chi connectivity index (χ3v) is 2.19. The van der Waals surface area contributed by atoms with E-state index in [9.17, 15) is 0 Å². The van der Waals surface area contributed by atoms with Gasteiger partial charge in [0.2, 0.25) is 0 Å². The molecule has 0 unspecified atom stereocenters. The number of aliphatic hydroxyl groups excluding tert-OH is 1. The van der Waals surface area contributed by atoms with Crippen molar-refractivity contribution in [1.82, 2.24) is 0 Å². The van der Waals surface area contributed by atoms with Crippen LogP contribution in [-0.2, 0) is 6.42 Å². The summed E-state index contributed by atoms with van der Waals surface area (Å²) in [6.07, 6.45) is 0.612. The number of rotatable bonds is 2. The fourth-order valence-corrected chi connectivity index (χ4v) is 1.57. The zero-order valence-electron chi connectivity index (χ0n) is 7.27. The Balaban J connectivity index is 2.61. The lowest BCUT2D eigenvalue weighted by Crippen LogP contribution is -1.86. The highest BCUT2D eigenvalue weighted by molar-refractivity contribution is 5.85. The van der Waals surface area contributed by atoms with Crippen molar-refractivity contribution in [2.45, 2.75) is 6.42 Å². The molecule has 0 amide bonds. The molecule has 0 aliphatic carbocycles. The van der Waals surface area contributed by atoms with E-state index in [1.54, 1.807) is 0 Å². The Kier molecular flexibility index (Phi) is 2.28. The lowest BCUT2D eigenvalue weighted by atomic mass is 10.0. The number of benzene rings is 2. The van der Waals surface area contributed by atoms with E-state index in [0.29, 0.717) is 6.42 Å². The van der Waals surface area contributed by atoms with Gasteiger partial charge in [-0.15, -0.1) is 0 Å². The minimum absolute atomic E-state index is 0.612. The van der Waals surface area contributed by atoms with Crippen molar-refractivity contribution in [2.24, 2.45) is 0 Å². The lowest BCUT2D eigenvalue weighted by molar-refractivity contribution is 0.386. The van der Waals surface area contributed by atoms with Crippen LogP contribution in [0.15, 0.2) is 42.5 Å². The fraction of sp³-hybridized carbons (Fsp3) is 0.0833. The Labute approximate surface area is 77.6 Å².